The first-order valence-corrected chi connectivity index (χ1v) is 5.43. The summed E-state index contributed by atoms with van der Waals surface area (Å²) in [5.74, 6) is -1.57. The third-order valence-electron chi connectivity index (χ3n) is 2.80. The summed E-state index contributed by atoms with van der Waals surface area (Å²) < 4.78 is 4.80. The highest BCUT2D eigenvalue weighted by atomic mass is 16.5. The lowest BCUT2D eigenvalue weighted by Crippen LogP contribution is -2.49. The molecule has 98 valence electrons. The molecule has 4 N–H and O–H groups in total. The highest BCUT2D eigenvalue weighted by Gasteiger charge is 2.40. The number of carbonyl (C=O) groups is 2. The number of amides is 1. The predicted octanol–water partition coefficient (Wildman–Crippen LogP) is -1.60. The quantitative estimate of drug-likeness (QED) is 0.538. The molecule has 0 spiro atoms. The molecule has 0 aromatic heterocycles. The number of hydrogen-bond donors (Lipinski definition) is 3. The number of aliphatic hydroxyl groups excluding tert-OH is 1. The van der Waals surface area contributed by atoms with E-state index in [-0.39, 0.29) is 13.0 Å². The maximum Gasteiger partial charge on any atom is 0.326 e. The van der Waals surface area contributed by atoms with E-state index in [1.807, 2.05) is 0 Å². The molecule has 1 fully saturated rings. The first-order valence-electron chi connectivity index (χ1n) is 5.43. The zero-order valence-corrected chi connectivity index (χ0v) is 9.70. The fraction of sp³-hybridized carbons (Fsp3) is 0.800. The number of rotatable bonds is 5. The van der Waals surface area contributed by atoms with E-state index in [1.165, 1.54) is 7.11 Å². The third-order valence-corrected chi connectivity index (χ3v) is 2.80. The maximum absolute atomic E-state index is 11.9. The number of likely N-dealkylation sites (tertiary alicyclic amines) is 1. The fourth-order valence-corrected chi connectivity index (χ4v) is 1.87. The Hall–Kier alpha value is -1.18. The number of aliphatic carboxylic acids is 1. The summed E-state index contributed by atoms with van der Waals surface area (Å²) in [4.78, 5) is 23.9. The number of carboxylic acids is 1. The second-order valence-corrected chi connectivity index (χ2v) is 4.12. The van der Waals surface area contributed by atoms with Crippen molar-refractivity contribution in [2.45, 2.75) is 31.0 Å². The van der Waals surface area contributed by atoms with E-state index >= 15 is 0 Å². The van der Waals surface area contributed by atoms with Gasteiger partial charge in [0.15, 0.2) is 0 Å². The molecule has 1 heterocycles. The largest absolute Gasteiger partial charge is 0.480 e. The van der Waals surface area contributed by atoms with Gasteiger partial charge in [0, 0.05) is 26.7 Å². The van der Waals surface area contributed by atoms with Gasteiger partial charge in [-0.05, 0) is 6.42 Å². The summed E-state index contributed by atoms with van der Waals surface area (Å²) >= 11 is 0. The average Bonchev–Trinajstić information content (AvgIpc) is 2.67. The number of aliphatic hydroxyl groups is 1. The molecule has 0 aliphatic carbocycles. The molecule has 7 heteroatoms. The van der Waals surface area contributed by atoms with Gasteiger partial charge in [-0.1, -0.05) is 0 Å². The van der Waals surface area contributed by atoms with Gasteiger partial charge in [0.2, 0.25) is 5.91 Å². The summed E-state index contributed by atoms with van der Waals surface area (Å²) in [5.41, 5.74) is 5.65. The van der Waals surface area contributed by atoms with E-state index < -0.39 is 30.1 Å². The lowest BCUT2D eigenvalue weighted by atomic mass is 10.1. The van der Waals surface area contributed by atoms with E-state index in [9.17, 15) is 14.7 Å². The summed E-state index contributed by atoms with van der Waals surface area (Å²) in [6, 6.07) is -1.77. The van der Waals surface area contributed by atoms with Gasteiger partial charge in [-0.25, -0.2) is 4.79 Å². The Morgan fingerprint density at radius 3 is 2.76 bits per heavy atom. The summed E-state index contributed by atoms with van der Waals surface area (Å²) in [7, 11) is 1.50. The number of hydrogen-bond acceptors (Lipinski definition) is 5. The Balaban J connectivity index is 2.63. The van der Waals surface area contributed by atoms with Gasteiger partial charge in [0.25, 0.3) is 0 Å². The minimum Gasteiger partial charge on any atom is -0.480 e. The van der Waals surface area contributed by atoms with E-state index in [2.05, 4.69) is 0 Å². The van der Waals surface area contributed by atoms with Gasteiger partial charge < -0.3 is 25.6 Å². The number of carboxylic acid groups (broad SMARTS) is 1. The molecule has 0 aromatic rings. The van der Waals surface area contributed by atoms with E-state index in [1.54, 1.807) is 0 Å². The molecule has 1 unspecified atom stereocenters. The first-order chi connectivity index (χ1) is 7.97. The van der Waals surface area contributed by atoms with Crippen molar-refractivity contribution in [3.63, 3.8) is 0 Å². The molecular formula is C10H18N2O5. The van der Waals surface area contributed by atoms with E-state index in [0.717, 1.165) is 4.90 Å². The van der Waals surface area contributed by atoms with Crippen molar-refractivity contribution in [2.75, 3.05) is 20.3 Å². The van der Waals surface area contributed by atoms with Gasteiger partial charge in [-0.2, -0.15) is 0 Å². The Kier molecular flexibility index (Phi) is 4.86. The maximum atomic E-state index is 11.9. The van der Waals surface area contributed by atoms with Crippen LogP contribution in [0.3, 0.4) is 0 Å². The number of ether oxygens (including phenoxy) is 1. The number of methoxy groups -OCH3 is 1. The Morgan fingerprint density at radius 1 is 1.59 bits per heavy atom. The average molecular weight is 246 g/mol. The highest BCUT2D eigenvalue weighted by Crippen LogP contribution is 2.19. The summed E-state index contributed by atoms with van der Waals surface area (Å²) in [6.07, 6.45) is -0.415. The Morgan fingerprint density at radius 2 is 2.24 bits per heavy atom. The molecule has 1 amide bonds. The number of carbonyl (C=O) groups excluding carboxylic acids is 1. The van der Waals surface area contributed by atoms with Crippen LogP contribution in [0.1, 0.15) is 12.8 Å². The van der Waals surface area contributed by atoms with Crippen molar-refractivity contribution < 1.29 is 24.5 Å². The standard InChI is InChI=1S/C10H18N2O5/c1-17-3-2-7(11)9(14)12-5-6(13)4-8(12)10(15)16/h6-8,13H,2-5,11H2,1H3,(H,15,16)/t6-,7?,8+/m1/s1. The molecule has 0 saturated carbocycles. The van der Waals surface area contributed by atoms with Crippen molar-refractivity contribution in [1.82, 2.24) is 4.90 Å². The van der Waals surface area contributed by atoms with Gasteiger partial charge in [0.05, 0.1) is 12.1 Å². The number of nitrogens with two attached hydrogens (primary N) is 1. The minimum absolute atomic E-state index is 0.0243. The van der Waals surface area contributed by atoms with E-state index in [4.69, 9.17) is 15.6 Å². The molecule has 7 nitrogen and oxygen atoms in total. The smallest absolute Gasteiger partial charge is 0.326 e. The molecule has 0 bridgehead atoms. The van der Waals surface area contributed by atoms with Gasteiger partial charge >= 0.3 is 5.97 Å². The van der Waals surface area contributed by atoms with Crippen LogP contribution in [0.2, 0.25) is 0 Å². The molecule has 0 radical (unpaired) electrons. The Labute approximate surface area is 99.1 Å². The zero-order valence-electron chi connectivity index (χ0n) is 9.70. The SMILES string of the molecule is COCCC(N)C(=O)N1C[C@H](O)C[C@H]1C(=O)O. The van der Waals surface area contributed by atoms with Gasteiger partial charge in [0.1, 0.15) is 6.04 Å². The van der Waals surface area contributed by atoms with Gasteiger partial charge in [-0.3, -0.25) is 4.79 Å². The highest BCUT2D eigenvalue weighted by molar-refractivity contribution is 5.87. The molecular weight excluding hydrogens is 228 g/mol. The monoisotopic (exact) mass is 246 g/mol. The van der Waals surface area contributed by atoms with E-state index in [0.29, 0.717) is 13.0 Å². The molecule has 1 rings (SSSR count). The van der Waals surface area contributed by atoms with Crippen molar-refractivity contribution in [1.29, 1.82) is 0 Å². The Bertz CT molecular complexity index is 296. The molecule has 17 heavy (non-hydrogen) atoms. The molecule has 1 aliphatic rings. The third kappa shape index (κ3) is 3.39. The topological polar surface area (TPSA) is 113 Å². The fourth-order valence-electron chi connectivity index (χ4n) is 1.87. The van der Waals surface area contributed by atoms with Crippen LogP contribution in [0, 0.1) is 0 Å². The van der Waals surface area contributed by atoms with Crippen LogP contribution in [0.4, 0.5) is 0 Å². The van der Waals surface area contributed by atoms with Crippen molar-refractivity contribution in [3.8, 4) is 0 Å². The lowest BCUT2D eigenvalue weighted by molar-refractivity contribution is -0.148. The van der Waals surface area contributed by atoms with Crippen molar-refractivity contribution in [3.05, 3.63) is 0 Å². The minimum atomic E-state index is -1.12. The second kappa shape index (κ2) is 5.95. The number of nitrogens with zero attached hydrogens (tertiary/aromatic N) is 1. The van der Waals surface area contributed by atoms with Crippen LogP contribution in [-0.4, -0.2) is 65.4 Å². The molecule has 0 aromatic carbocycles. The van der Waals surface area contributed by atoms with Crippen LogP contribution in [0.5, 0.6) is 0 Å². The van der Waals surface area contributed by atoms with Gasteiger partial charge in [-0.15, -0.1) is 0 Å². The lowest BCUT2D eigenvalue weighted by Gasteiger charge is -2.24. The van der Waals surface area contributed by atoms with Crippen LogP contribution >= 0.6 is 0 Å². The van der Waals surface area contributed by atoms with Crippen LogP contribution in [0.15, 0.2) is 0 Å². The molecule has 3 atom stereocenters. The molecule has 1 aliphatic heterocycles. The van der Waals surface area contributed by atoms with Crippen LogP contribution in [-0.2, 0) is 14.3 Å². The zero-order chi connectivity index (χ0) is 13.0. The van der Waals surface area contributed by atoms with Crippen LogP contribution < -0.4 is 5.73 Å². The first kappa shape index (κ1) is 13.9. The second-order valence-electron chi connectivity index (χ2n) is 4.12. The number of β-amino-alcohol motifs (C(OH)–C–C–N with tert-alkyl or cyclic N) is 1. The van der Waals surface area contributed by atoms with Crippen molar-refractivity contribution >= 4 is 11.9 Å². The predicted molar refractivity (Wildman–Crippen MR) is 58.2 cm³/mol. The summed E-state index contributed by atoms with van der Waals surface area (Å²) in [5, 5.41) is 18.3. The van der Waals surface area contributed by atoms with Crippen LogP contribution in [0.25, 0.3) is 0 Å². The normalized spacial score (nSPS) is 25.9. The van der Waals surface area contributed by atoms with Crippen molar-refractivity contribution in [2.24, 2.45) is 5.73 Å². The molecule has 1 saturated heterocycles. The summed E-state index contributed by atoms with van der Waals surface area (Å²) in [6.45, 7) is 0.359.